The summed E-state index contributed by atoms with van der Waals surface area (Å²) < 4.78 is 29.7. The fourth-order valence-electron chi connectivity index (χ4n) is 9.29. The van der Waals surface area contributed by atoms with E-state index in [2.05, 4.69) is 66.8 Å². The predicted molar refractivity (Wildman–Crippen MR) is 237 cm³/mol. The molecule has 60 heavy (non-hydrogen) atoms. The number of amides is 1. The summed E-state index contributed by atoms with van der Waals surface area (Å²) >= 11 is 0. The molecule has 0 spiro atoms. The van der Waals surface area contributed by atoms with Crippen molar-refractivity contribution in [1.82, 2.24) is 20.2 Å². The molecule has 4 bridgehead atoms. The van der Waals surface area contributed by atoms with Crippen molar-refractivity contribution >= 4 is 28.6 Å². The van der Waals surface area contributed by atoms with Crippen molar-refractivity contribution in [1.29, 1.82) is 0 Å². The average Bonchev–Trinajstić information content (AvgIpc) is 3.89. The highest BCUT2D eigenvalue weighted by Crippen LogP contribution is 2.42. The van der Waals surface area contributed by atoms with Gasteiger partial charge in [0.1, 0.15) is 12.2 Å². The lowest BCUT2D eigenvalue weighted by atomic mass is 9.84. The normalized spacial score (nSPS) is 21.1. The zero-order chi connectivity index (χ0) is 43.3. The van der Waals surface area contributed by atoms with E-state index in [0.29, 0.717) is 43.4 Å². The standard InChI is InChI=1S/C50H65FN4O5/c1-10-55-44-21-20-36-27-40(44)41(46(55)39-18-14-22-53-45(39)33(5)59-9)28-50(6,7)29-60-49(58)42(52-8)19-13-15-30(2)47(56)43(54-48(57)31(3)35-16-11-12-17-35)25-34-23-37(32(4)51)26-38(36)24-34/h14,18,20-24,26-27,31-33,35,42-43,52H,2,10-13,15-17,19,25,28-29H2,1,3-9H3,(H,54,57)/t31-,32?,33-,42-,43-/m0/s1. The molecule has 4 aromatic rings. The minimum Gasteiger partial charge on any atom is -0.464 e. The first-order valence-corrected chi connectivity index (χ1v) is 21.9. The molecule has 2 aromatic heterocycles. The molecular formula is C50H65FN4O5. The van der Waals surface area contributed by atoms with Crippen LogP contribution in [0.4, 0.5) is 4.39 Å². The Hall–Kier alpha value is -4.67. The molecule has 1 aliphatic heterocycles. The third-order valence-corrected chi connectivity index (χ3v) is 12.9. The summed E-state index contributed by atoms with van der Waals surface area (Å²) in [5.74, 6) is -0.709. The number of carbonyl (C=O) groups excluding carboxylic acids is 3. The van der Waals surface area contributed by atoms with Crippen LogP contribution in [0.1, 0.15) is 121 Å². The van der Waals surface area contributed by atoms with E-state index in [0.717, 1.165) is 75.8 Å². The number of halogens is 1. The molecule has 10 heteroatoms. The van der Waals surface area contributed by atoms with Gasteiger partial charge in [-0.15, -0.1) is 0 Å². The maximum atomic E-state index is 15.4. The average molecular weight is 821 g/mol. The molecule has 5 atom stereocenters. The number of benzene rings is 2. The molecule has 1 aliphatic carbocycles. The number of alkyl halides is 1. The van der Waals surface area contributed by atoms with E-state index in [9.17, 15) is 14.4 Å². The summed E-state index contributed by atoms with van der Waals surface area (Å²) in [6.07, 6.45) is 6.53. The Labute approximate surface area is 355 Å². The summed E-state index contributed by atoms with van der Waals surface area (Å²) in [5.41, 5.74) is 7.82. The number of esters is 1. The highest BCUT2D eigenvalue weighted by atomic mass is 19.1. The molecular weight excluding hydrogens is 756 g/mol. The number of aryl methyl sites for hydroxylation is 1. The second kappa shape index (κ2) is 19.4. The molecule has 3 heterocycles. The zero-order valence-corrected chi connectivity index (χ0v) is 37.0. The third-order valence-electron chi connectivity index (χ3n) is 12.9. The Morgan fingerprint density at radius 2 is 1.78 bits per heavy atom. The number of likely N-dealkylation sites (N-methyl/N-ethyl adjacent to an activating group) is 1. The molecule has 9 nitrogen and oxygen atoms in total. The molecule has 1 fully saturated rings. The number of methoxy groups -OCH3 is 1. The van der Waals surface area contributed by atoms with Gasteiger partial charge >= 0.3 is 5.97 Å². The number of rotatable bonds is 9. The van der Waals surface area contributed by atoms with Crippen LogP contribution in [0.2, 0.25) is 0 Å². The molecule has 1 unspecified atom stereocenters. The van der Waals surface area contributed by atoms with Gasteiger partial charge in [0.25, 0.3) is 0 Å². The lowest BCUT2D eigenvalue weighted by Crippen LogP contribution is -2.46. The fraction of sp³-hybridized carbons (Fsp3) is 0.520. The van der Waals surface area contributed by atoms with Crippen molar-refractivity contribution in [2.24, 2.45) is 17.3 Å². The zero-order valence-electron chi connectivity index (χ0n) is 37.0. The molecule has 2 N–H and O–H groups in total. The van der Waals surface area contributed by atoms with Gasteiger partial charge in [-0.3, -0.25) is 19.4 Å². The van der Waals surface area contributed by atoms with Crippen molar-refractivity contribution in [2.45, 2.75) is 130 Å². The smallest absolute Gasteiger partial charge is 0.323 e. The molecule has 1 amide bonds. The van der Waals surface area contributed by atoms with Gasteiger partial charge in [0.2, 0.25) is 5.91 Å². The van der Waals surface area contributed by atoms with Gasteiger partial charge in [0.05, 0.1) is 30.1 Å². The van der Waals surface area contributed by atoms with Gasteiger partial charge in [-0.2, -0.15) is 0 Å². The quantitative estimate of drug-likeness (QED) is 0.128. The number of carbonyl (C=O) groups is 3. The predicted octanol–water partition coefficient (Wildman–Crippen LogP) is 9.99. The fourth-order valence-corrected chi connectivity index (χ4v) is 9.29. The molecule has 0 saturated heterocycles. The monoisotopic (exact) mass is 820 g/mol. The van der Waals surface area contributed by atoms with Crippen LogP contribution in [0.25, 0.3) is 33.3 Å². The van der Waals surface area contributed by atoms with Gasteiger partial charge in [-0.1, -0.05) is 58.4 Å². The number of ketones is 1. The van der Waals surface area contributed by atoms with Crippen LogP contribution < -0.4 is 10.6 Å². The highest BCUT2D eigenvalue weighted by molar-refractivity contribution is 6.01. The number of nitrogens with zero attached hydrogens (tertiary/aromatic N) is 2. The summed E-state index contributed by atoms with van der Waals surface area (Å²) in [6, 6.07) is 14.7. The van der Waals surface area contributed by atoms with Gasteiger partial charge in [-0.05, 0) is 136 Å². The van der Waals surface area contributed by atoms with E-state index < -0.39 is 23.7 Å². The van der Waals surface area contributed by atoms with Crippen molar-refractivity contribution in [3.63, 3.8) is 0 Å². The summed E-state index contributed by atoms with van der Waals surface area (Å²) in [6.45, 7) is 16.9. The minimum absolute atomic E-state index is 0.149. The van der Waals surface area contributed by atoms with Crippen LogP contribution in [0.5, 0.6) is 0 Å². The van der Waals surface area contributed by atoms with Crippen LogP contribution in [-0.2, 0) is 43.2 Å². The highest BCUT2D eigenvalue weighted by Gasteiger charge is 2.33. The number of nitrogens with one attached hydrogen (secondary N) is 2. The molecule has 6 rings (SSSR count). The number of aromatic nitrogens is 2. The van der Waals surface area contributed by atoms with Gasteiger partial charge in [0.15, 0.2) is 5.78 Å². The third kappa shape index (κ3) is 9.92. The largest absolute Gasteiger partial charge is 0.464 e. The maximum Gasteiger partial charge on any atom is 0.323 e. The van der Waals surface area contributed by atoms with E-state index in [-0.39, 0.29) is 48.6 Å². The van der Waals surface area contributed by atoms with Crippen LogP contribution in [0.3, 0.4) is 0 Å². The number of hydrogen-bond donors (Lipinski definition) is 2. The van der Waals surface area contributed by atoms with Crippen molar-refractivity contribution in [3.8, 4) is 22.4 Å². The van der Waals surface area contributed by atoms with Crippen LogP contribution in [0.15, 0.2) is 66.9 Å². The first-order valence-electron chi connectivity index (χ1n) is 21.9. The van der Waals surface area contributed by atoms with Crippen LogP contribution in [-0.4, -0.2) is 60.1 Å². The molecule has 322 valence electrons. The Balaban J connectivity index is 1.54. The Morgan fingerprint density at radius 3 is 2.47 bits per heavy atom. The topological polar surface area (TPSA) is 112 Å². The first-order chi connectivity index (χ1) is 28.7. The first kappa shape index (κ1) is 44.9. The van der Waals surface area contributed by atoms with Crippen molar-refractivity contribution < 1.29 is 28.2 Å². The van der Waals surface area contributed by atoms with Crippen molar-refractivity contribution in [3.05, 3.63) is 89.3 Å². The van der Waals surface area contributed by atoms with Crippen LogP contribution >= 0.6 is 0 Å². The number of Topliss-reactive ketones (excluding diaryl/α,β-unsaturated/α-hetero) is 1. The van der Waals surface area contributed by atoms with Gasteiger partial charge < -0.3 is 24.7 Å². The second-order valence-corrected chi connectivity index (χ2v) is 17.9. The minimum atomic E-state index is -1.27. The summed E-state index contributed by atoms with van der Waals surface area (Å²) in [7, 11) is 3.42. The molecule has 2 aromatic carbocycles. The van der Waals surface area contributed by atoms with E-state index in [4.69, 9.17) is 14.5 Å². The van der Waals surface area contributed by atoms with Gasteiger partial charge in [0, 0.05) is 54.1 Å². The second-order valence-electron chi connectivity index (χ2n) is 17.9. The lowest BCUT2D eigenvalue weighted by molar-refractivity contribution is -0.149. The molecule has 0 radical (unpaired) electrons. The van der Waals surface area contributed by atoms with E-state index >= 15 is 4.39 Å². The Kier molecular flexibility index (Phi) is 14.5. The Morgan fingerprint density at radius 1 is 1.03 bits per heavy atom. The summed E-state index contributed by atoms with van der Waals surface area (Å²) in [4.78, 5) is 46.5. The number of ether oxygens (including phenoxy) is 2. The molecule has 1 saturated carbocycles. The SMILES string of the molecule is C=C1CCC[C@H](NC)C(=O)OCC(C)(C)Cc2c(-c3cccnc3[C@H](C)OC)n(CC)c3ccc(cc23)-c2cc(cc(C(C)F)c2)C[C@H](NC(=O)[C@@H](C)C2CCCC2)C1=O. The number of pyridine rings is 1. The van der Waals surface area contributed by atoms with E-state index in [1.807, 2.05) is 38.1 Å². The summed E-state index contributed by atoms with van der Waals surface area (Å²) in [5, 5.41) is 7.28. The molecule has 2 aliphatic rings. The van der Waals surface area contributed by atoms with Gasteiger partial charge in [-0.25, -0.2) is 4.39 Å². The number of cyclic esters (lactones) is 1. The van der Waals surface area contributed by atoms with Crippen molar-refractivity contribution in [2.75, 3.05) is 20.8 Å². The van der Waals surface area contributed by atoms with Crippen LogP contribution in [0, 0.1) is 17.3 Å². The van der Waals surface area contributed by atoms with E-state index in [1.165, 1.54) is 6.92 Å². The van der Waals surface area contributed by atoms with E-state index in [1.54, 1.807) is 20.4 Å². The maximum absolute atomic E-state index is 15.4. The number of hydrogen-bond acceptors (Lipinski definition) is 7. The number of fused-ring (bicyclic) bond motifs is 4. The Bertz CT molecular complexity index is 2200. The lowest BCUT2D eigenvalue weighted by Gasteiger charge is -2.27.